The quantitative estimate of drug-likeness (QED) is 0.500. The number of hydrogen-bond acceptors (Lipinski definition) is 4. The molecule has 1 amide bonds. The van der Waals surface area contributed by atoms with Gasteiger partial charge in [0.1, 0.15) is 17.8 Å². The molecule has 6 heteroatoms. The molecule has 19 heavy (non-hydrogen) atoms. The Morgan fingerprint density at radius 2 is 2.26 bits per heavy atom. The van der Waals surface area contributed by atoms with E-state index in [4.69, 9.17) is 10.3 Å². The average molecular weight is 263 g/mol. The summed E-state index contributed by atoms with van der Waals surface area (Å²) in [6.07, 6.45) is 1.33. The summed E-state index contributed by atoms with van der Waals surface area (Å²) in [6, 6.07) is 7.83. The van der Waals surface area contributed by atoms with Crippen molar-refractivity contribution in [2.75, 3.05) is 11.9 Å². The molecule has 0 unspecified atom stereocenters. The lowest BCUT2D eigenvalue weighted by atomic mass is 10.2. The van der Waals surface area contributed by atoms with E-state index in [2.05, 4.69) is 0 Å². The number of hydrogen-bond donors (Lipinski definition) is 2. The second-order valence-electron chi connectivity index (χ2n) is 4.11. The fourth-order valence-corrected chi connectivity index (χ4v) is 1.70. The van der Waals surface area contributed by atoms with Gasteiger partial charge in [-0.2, -0.15) is 0 Å². The van der Waals surface area contributed by atoms with Crippen molar-refractivity contribution in [3.63, 3.8) is 0 Å². The summed E-state index contributed by atoms with van der Waals surface area (Å²) in [5.74, 6) is 4.90. The molecule has 2 rings (SSSR count). The molecular weight excluding hydrogens is 249 g/mol. The van der Waals surface area contributed by atoms with Gasteiger partial charge in [-0.3, -0.25) is 10.2 Å². The average Bonchev–Trinajstić information content (AvgIpc) is 2.86. The number of carbonyl (C=O) groups is 1. The number of halogens is 1. The second kappa shape index (κ2) is 5.53. The Kier molecular flexibility index (Phi) is 3.82. The number of amides is 1. The molecule has 0 saturated heterocycles. The van der Waals surface area contributed by atoms with Crippen molar-refractivity contribution in [1.82, 2.24) is 5.43 Å². The normalized spacial score (nSPS) is 10.3. The van der Waals surface area contributed by atoms with E-state index in [-0.39, 0.29) is 5.82 Å². The zero-order valence-electron chi connectivity index (χ0n) is 10.4. The molecule has 0 atom stereocenters. The molecule has 0 radical (unpaired) electrons. The molecular formula is C13H14FN3O2. The summed E-state index contributed by atoms with van der Waals surface area (Å²) in [5.41, 5.74) is 3.10. The number of carbonyl (C=O) groups excluding carboxylic acids is 1. The largest absolute Gasteiger partial charge is 0.467 e. The lowest BCUT2D eigenvalue weighted by molar-refractivity contribution is 0.0953. The first kappa shape index (κ1) is 13.1. The third-order valence-corrected chi connectivity index (χ3v) is 2.69. The molecule has 100 valence electrons. The zero-order chi connectivity index (χ0) is 13.8. The maximum absolute atomic E-state index is 13.1. The fourth-order valence-electron chi connectivity index (χ4n) is 1.70. The highest BCUT2D eigenvalue weighted by molar-refractivity contribution is 5.93. The summed E-state index contributed by atoms with van der Waals surface area (Å²) in [7, 11) is 1.81. The van der Waals surface area contributed by atoms with Gasteiger partial charge < -0.3 is 9.32 Å². The third-order valence-electron chi connectivity index (χ3n) is 2.69. The van der Waals surface area contributed by atoms with Gasteiger partial charge in [0.05, 0.1) is 12.1 Å². The highest BCUT2D eigenvalue weighted by Gasteiger charge is 2.11. The fraction of sp³-hybridized carbons (Fsp3) is 0.154. The molecule has 0 fully saturated rings. The van der Waals surface area contributed by atoms with Gasteiger partial charge in [-0.1, -0.05) is 6.07 Å². The summed E-state index contributed by atoms with van der Waals surface area (Å²) in [5, 5.41) is 0. The molecule has 1 aromatic carbocycles. The molecule has 0 spiro atoms. The molecule has 3 N–H and O–H groups in total. The van der Waals surface area contributed by atoms with E-state index in [1.807, 2.05) is 10.3 Å². The van der Waals surface area contributed by atoms with E-state index in [1.165, 1.54) is 18.4 Å². The Labute approximate surface area is 109 Å². The van der Waals surface area contributed by atoms with Crippen LogP contribution in [0.4, 0.5) is 10.1 Å². The Bertz CT molecular complexity index is 583. The number of nitrogens with two attached hydrogens (primary N) is 1. The highest BCUT2D eigenvalue weighted by Crippen LogP contribution is 2.17. The monoisotopic (exact) mass is 263 g/mol. The van der Waals surface area contributed by atoms with Crippen LogP contribution in [0.5, 0.6) is 0 Å². The summed E-state index contributed by atoms with van der Waals surface area (Å²) >= 11 is 0. The van der Waals surface area contributed by atoms with Crippen LogP contribution in [0.3, 0.4) is 0 Å². The van der Waals surface area contributed by atoms with E-state index in [9.17, 15) is 9.18 Å². The molecule has 0 saturated carbocycles. The summed E-state index contributed by atoms with van der Waals surface area (Å²) < 4.78 is 18.4. The number of nitrogens with one attached hydrogen (secondary N) is 1. The molecule has 0 bridgehead atoms. The van der Waals surface area contributed by atoms with Crippen LogP contribution in [0, 0.1) is 5.82 Å². The van der Waals surface area contributed by atoms with Gasteiger partial charge in [0.15, 0.2) is 0 Å². The van der Waals surface area contributed by atoms with Crippen LogP contribution in [0.15, 0.2) is 41.0 Å². The van der Waals surface area contributed by atoms with Gasteiger partial charge >= 0.3 is 0 Å². The van der Waals surface area contributed by atoms with Gasteiger partial charge in [0.25, 0.3) is 5.91 Å². The molecule has 2 aromatic rings. The number of nitrogens with zero attached hydrogens (tertiary/aromatic N) is 1. The summed E-state index contributed by atoms with van der Waals surface area (Å²) in [4.78, 5) is 13.1. The van der Waals surface area contributed by atoms with Gasteiger partial charge in [-0.15, -0.1) is 0 Å². The first-order valence-electron chi connectivity index (χ1n) is 5.65. The smallest absolute Gasteiger partial charge is 0.268 e. The second-order valence-corrected chi connectivity index (χ2v) is 4.11. The Balaban J connectivity index is 2.08. The van der Waals surface area contributed by atoms with Crippen LogP contribution < -0.4 is 16.2 Å². The van der Waals surface area contributed by atoms with Gasteiger partial charge in [0.2, 0.25) is 0 Å². The van der Waals surface area contributed by atoms with E-state index in [1.54, 1.807) is 25.2 Å². The topological polar surface area (TPSA) is 71.5 Å². The number of benzene rings is 1. The maximum atomic E-state index is 13.1. The molecule has 0 aliphatic heterocycles. The lowest BCUT2D eigenvalue weighted by Gasteiger charge is -2.17. The molecule has 5 nitrogen and oxygen atoms in total. The molecule has 0 aliphatic carbocycles. The molecule has 1 heterocycles. The predicted molar refractivity (Wildman–Crippen MR) is 68.9 cm³/mol. The highest BCUT2D eigenvalue weighted by atomic mass is 19.1. The van der Waals surface area contributed by atoms with Crippen molar-refractivity contribution in [2.24, 2.45) is 5.84 Å². The van der Waals surface area contributed by atoms with E-state index in [0.717, 1.165) is 5.69 Å². The van der Waals surface area contributed by atoms with Gasteiger partial charge in [0, 0.05) is 12.7 Å². The van der Waals surface area contributed by atoms with Gasteiger partial charge in [-0.25, -0.2) is 10.2 Å². The van der Waals surface area contributed by atoms with E-state index in [0.29, 0.717) is 17.9 Å². The van der Waals surface area contributed by atoms with Gasteiger partial charge in [-0.05, 0) is 24.3 Å². The van der Waals surface area contributed by atoms with Crippen LogP contribution in [-0.2, 0) is 6.54 Å². The Morgan fingerprint density at radius 3 is 2.95 bits per heavy atom. The number of furan rings is 1. The SMILES string of the molecule is CN(Cc1cc(C(=O)NN)co1)c1cccc(F)c1. The summed E-state index contributed by atoms with van der Waals surface area (Å²) in [6.45, 7) is 0.418. The number of hydrazine groups is 1. The van der Waals surface area contributed by atoms with E-state index >= 15 is 0 Å². The number of anilines is 1. The van der Waals surface area contributed by atoms with E-state index < -0.39 is 5.91 Å². The Hall–Kier alpha value is -2.34. The Morgan fingerprint density at radius 1 is 1.47 bits per heavy atom. The van der Waals surface area contributed by atoms with Crippen molar-refractivity contribution in [3.05, 3.63) is 53.7 Å². The zero-order valence-corrected chi connectivity index (χ0v) is 10.4. The standard InChI is InChI=1S/C13H14FN3O2/c1-17(11-4-2-3-10(14)6-11)7-12-5-9(8-19-12)13(18)16-15/h2-6,8H,7,15H2,1H3,(H,16,18). The van der Waals surface area contributed by atoms with Crippen LogP contribution >= 0.6 is 0 Å². The van der Waals surface area contributed by atoms with Crippen LogP contribution in [0.1, 0.15) is 16.1 Å². The molecule has 0 aliphatic rings. The number of rotatable bonds is 4. The lowest BCUT2D eigenvalue weighted by Crippen LogP contribution is -2.29. The van der Waals surface area contributed by atoms with Crippen molar-refractivity contribution in [2.45, 2.75) is 6.54 Å². The van der Waals surface area contributed by atoms with Crippen LogP contribution in [0.2, 0.25) is 0 Å². The third kappa shape index (κ3) is 3.11. The van der Waals surface area contributed by atoms with Crippen molar-refractivity contribution >= 4 is 11.6 Å². The minimum atomic E-state index is -0.414. The minimum Gasteiger partial charge on any atom is -0.467 e. The van der Waals surface area contributed by atoms with Crippen molar-refractivity contribution in [3.8, 4) is 0 Å². The molecule has 1 aromatic heterocycles. The maximum Gasteiger partial charge on any atom is 0.268 e. The predicted octanol–water partition coefficient (Wildman–Crippen LogP) is 1.66. The minimum absolute atomic E-state index is 0.299. The number of nitrogen functional groups attached to an aromatic ring is 1. The first-order chi connectivity index (χ1) is 9.10. The van der Waals surface area contributed by atoms with Crippen LogP contribution in [0.25, 0.3) is 0 Å². The first-order valence-corrected chi connectivity index (χ1v) is 5.65. The van der Waals surface area contributed by atoms with Crippen molar-refractivity contribution in [1.29, 1.82) is 0 Å². The van der Waals surface area contributed by atoms with Crippen LogP contribution in [-0.4, -0.2) is 13.0 Å². The van der Waals surface area contributed by atoms with Crippen molar-refractivity contribution < 1.29 is 13.6 Å².